The number of hydrogen-bond acceptors (Lipinski definition) is 17. The Morgan fingerprint density at radius 2 is 1.09 bits per heavy atom. The summed E-state index contributed by atoms with van der Waals surface area (Å²) in [6.07, 6.45) is -8.75. The highest BCUT2D eigenvalue weighted by molar-refractivity contribution is 6.01. The summed E-state index contributed by atoms with van der Waals surface area (Å²) in [6, 6.07) is 18.6. The van der Waals surface area contributed by atoms with Gasteiger partial charge in [-0.05, 0) is 47.5 Å². The molecule has 1 aromatic heterocycles. The Balaban J connectivity index is 1.65. The van der Waals surface area contributed by atoms with Gasteiger partial charge in [0.25, 0.3) is 29.5 Å². The second kappa shape index (κ2) is 24.0. The van der Waals surface area contributed by atoms with Crippen molar-refractivity contribution in [2.75, 3.05) is 16.1 Å². The van der Waals surface area contributed by atoms with Crippen LogP contribution in [0.4, 0.5) is 17.1 Å². The molecule has 0 spiro atoms. The first-order valence-electron chi connectivity index (χ1n) is 19.6. The number of aliphatic hydroxyl groups excluding tert-OH is 1. The predicted octanol–water partition coefficient (Wildman–Crippen LogP) is -6.84. The Kier molecular flexibility index (Phi) is 18.0. The lowest BCUT2D eigenvalue weighted by Gasteiger charge is -2.32. The van der Waals surface area contributed by atoms with Gasteiger partial charge in [0, 0.05) is 18.1 Å². The number of carbonyl (C=O) groups excluding carboxylic acids is 6. The quantitative estimate of drug-likeness (QED) is 0.00869. The number of aliphatic hydroxyl groups is 1. The fourth-order valence-corrected chi connectivity index (χ4v) is 6.04. The van der Waals surface area contributed by atoms with E-state index in [9.17, 15) is 33.9 Å². The van der Waals surface area contributed by atoms with Crippen molar-refractivity contribution in [3.8, 4) is 0 Å². The van der Waals surface area contributed by atoms with Crippen molar-refractivity contribution in [3.63, 3.8) is 0 Å². The van der Waals surface area contributed by atoms with E-state index in [-0.39, 0.29) is 23.5 Å². The number of benzene rings is 3. The number of carbonyl (C=O) groups is 6. The Labute approximate surface area is 389 Å². The normalized spacial score (nSPS) is 13.2. The van der Waals surface area contributed by atoms with E-state index < -0.39 is 96.2 Å². The number of amides is 6. The number of nitrogens with two attached hydrogens (primary N) is 10. The molecule has 31 heteroatoms. The van der Waals surface area contributed by atoms with Crippen LogP contribution in [0.25, 0.3) is 10.9 Å². The van der Waals surface area contributed by atoms with Crippen molar-refractivity contribution in [2.24, 2.45) is 71.6 Å². The number of primary amides is 1. The molecular formula is C38H50N22O9. The summed E-state index contributed by atoms with van der Waals surface area (Å²) in [7, 11) is 0. The number of aromatic nitrogens is 1. The van der Waals surface area contributed by atoms with Crippen molar-refractivity contribution >= 4 is 87.2 Å². The summed E-state index contributed by atoms with van der Waals surface area (Å²) in [4.78, 5) is 105. The zero-order chi connectivity index (χ0) is 50.9. The van der Waals surface area contributed by atoms with Crippen molar-refractivity contribution in [2.45, 2.75) is 43.5 Å². The van der Waals surface area contributed by atoms with Crippen LogP contribution < -0.4 is 94.3 Å². The average Bonchev–Trinajstić information content (AvgIpc) is 3.29. The second-order valence-electron chi connectivity index (χ2n) is 14.1. The minimum Gasteiger partial charge on any atom is -0.396 e. The Morgan fingerprint density at radius 1 is 0.594 bits per heavy atom. The molecule has 0 saturated heterocycles. The van der Waals surface area contributed by atoms with E-state index >= 15 is 0 Å². The minimum absolute atomic E-state index is 0.122. The van der Waals surface area contributed by atoms with Crippen LogP contribution in [0.2, 0.25) is 0 Å². The average molecular weight is 959 g/mol. The van der Waals surface area contributed by atoms with Crippen LogP contribution >= 0.6 is 0 Å². The third-order valence-corrected chi connectivity index (χ3v) is 9.04. The monoisotopic (exact) mass is 958 g/mol. The number of guanidine groups is 4. The summed E-state index contributed by atoms with van der Waals surface area (Å²) in [5.41, 5.74) is 59.6. The minimum atomic E-state index is -2.16. The van der Waals surface area contributed by atoms with Gasteiger partial charge < -0.3 is 93.9 Å². The van der Waals surface area contributed by atoms with Gasteiger partial charge in [0.15, 0.2) is 23.8 Å². The lowest BCUT2D eigenvalue weighted by molar-refractivity contribution is -0.215. The van der Waals surface area contributed by atoms with Gasteiger partial charge in [-0.15, -0.1) is 4.99 Å². The maximum absolute atomic E-state index is 14.2. The van der Waals surface area contributed by atoms with E-state index in [1.54, 1.807) is 42.6 Å². The standard InChI is InChI=1S/C38H50N22O9/c39-22-19-7-4-14-49-20(19)12-13-21(22)60(15-16-8-10-18(11-9-16)59-69-68)34(67)33(66)50-23(17-5-2-1-3-6-17)29(62)52-26(56-36(43)44)31(64)54-28(58-38(47)48)32(65)53-27(57-37(45)46)30(63)51-25(24(40)61)55-35(41)42/h1-14,23,25-28,34,59,67-68H,15,39H2,(H2,40,61)(H,50,66)(H,51,63)(H,52,62)(H,53,65)(H,54,64)(H4,41,42,55)(H4,43,44,56)(H4,45,46,57)(H4,47,48,58). The van der Waals surface area contributed by atoms with Gasteiger partial charge in [-0.2, -0.15) is 0 Å². The SMILES string of the molecule is NC(=O)C(N=C(N)N)NC(=O)C(N=C(N)N)NC(=O)C(N=C(N)N)NC(=O)C(N=C(N)N)NC(=O)C(NC(=O)C(O)N(Cc1ccc(NOO)cc1)c1ccc2ncccc2c1N)c1ccccc1. The Hall–Kier alpha value is -9.75. The first kappa shape index (κ1) is 51.9. The van der Waals surface area contributed by atoms with Gasteiger partial charge in [0.05, 0.1) is 22.6 Å². The van der Waals surface area contributed by atoms with Crippen molar-refractivity contribution in [1.82, 2.24) is 31.6 Å². The molecule has 366 valence electrons. The molecule has 4 aromatic rings. The molecule has 6 atom stereocenters. The predicted molar refractivity (Wildman–Crippen MR) is 250 cm³/mol. The number of pyridine rings is 1. The van der Waals surface area contributed by atoms with Gasteiger partial charge in [-0.25, -0.2) is 30.7 Å². The van der Waals surface area contributed by atoms with Gasteiger partial charge in [-0.3, -0.25) is 33.8 Å². The van der Waals surface area contributed by atoms with E-state index in [0.717, 1.165) is 0 Å². The number of nitrogens with zero attached hydrogens (tertiary/aromatic N) is 6. The number of fused-ring (bicyclic) bond motifs is 1. The molecule has 28 N–H and O–H groups in total. The zero-order valence-corrected chi connectivity index (χ0v) is 36.0. The van der Waals surface area contributed by atoms with Crippen LogP contribution in [0.1, 0.15) is 17.2 Å². The molecule has 0 radical (unpaired) electrons. The summed E-state index contributed by atoms with van der Waals surface area (Å²) >= 11 is 0. The van der Waals surface area contributed by atoms with Crippen LogP contribution in [0, 0.1) is 0 Å². The summed E-state index contributed by atoms with van der Waals surface area (Å²) in [5.74, 6) is -10.6. The highest BCUT2D eigenvalue weighted by Crippen LogP contribution is 2.33. The topological polar surface area (TPSA) is 550 Å². The molecule has 3 aromatic carbocycles. The van der Waals surface area contributed by atoms with Crippen molar-refractivity contribution < 1.29 is 44.1 Å². The third-order valence-electron chi connectivity index (χ3n) is 9.04. The van der Waals surface area contributed by atoms with Crippen LogP contribution in [-0.2, 0) is 40.3 Å². The summed E-state index contributed by atoms with van der Waals surface area (Å²) in [5, 5.41) is 32.0. The van der Waals surface area contributed by atoms with E-state index in [4.69, 9.17) is 62.6 Å². The maximum Gasteiger partial charge on any atom is 0.270 e. The highest BCUT2D eigenvalue weighted by Gasteiger charge is 2.35. The molecule has 0 bridgehead atoms. The van der Waals surface area contributed by atoms with Gasteiger partial charge in [-0.1, -0.05) is 42.5 Å². The fourth-order valence-electron chi connectivity index (χ4n) is 6.04. The van der Waals surface area contributed by atoms with Crippen LogP contribution in [-0.4, -0.2) is 106 Å². The molecular weight excluding hydrogens is 909 g/mol. The number of hydrogen-bond donors (Lipinski definition) is 18. The number of nitrogen functional groups attached to an aromatic ring is 1. The summed E-state index contributed by atoms with van der Waals surface area (Å²) < 4.78 is 0. The van der Waals surface area contributed by atoms with Crippen LogP contribution in [0.3, 0.4) is 0 Å². The fraction of sp³-hybridized carbons (Fsp3) is 0.184. The van der Waals surface area contributed by atoms with Crippen molar-refractivity contribution in [1.29, 1.82) is 0 Å². The molecule has 0 aliphatic rings. The van der Waals surface area contributed by atoms with Gasteiger partial charge >= 0.3 is 0 Å². The second-order valence-corrected chi connectivity index (χ2v) is 14.1. The molecule has 4 rings (SSSR count). The Morgan fingerprint density at radius 3 is 1.58 bits per heavy atom. The first-order chi connectivity index (χ1) is 32.7. The number of anilines is 3. The lowest BCUT2D eigenvalue weighted by atomic mass is 10.1. The van der Waals surface area contributed by atoms with Crippen LogP contribution in [0.5, 0.6) is 0 Å². The molecule has 1 heterocycles. The number of nitrogens with one attached hydrogen (secondary N) is 6. The van der Waals surface area contributed by atoms with E-state index in [0.29, 0.717) is 22.2 Å². The van der Waals surface area contributed by atoms with Gasteiger partial charge in [0.1, 0.15) is 6.04 Å². The molecule has 31 nitrogen and oxygen atoms in total. The molecule has 0 aliphatic carbocycles. The molecule has 6 unspecified atom stereocenters. The van der Waals surface area contributed by atoms with E-state index in [1.165, 1.54) is 47.4 Å². The first-order valence-corrected chi connectivity index (χ1v) is 19.6. The molecule has 69 heavy (non-hydrogen) atoms. The van der Waals surface area contributed by atoms with Crippen LogP contribution in [0.15, 0.2) is 105 Å². The third kappa shape index (κ3) is 14.9. The molecule has 6 amide bonds. The highest BCUT2D eigenvalue weighted by atomic mass is 17.2. The molecule has 0 saturated carbocycles. The molecule has 0 aliphatic heterocycles. The lowest BCUT2D eigenvalue weighted by Crippen LogP contribution is -2.58. The maximum atomic E-state index is 14.2. The Bertz CT molecular complexity index is 2620. The van der Waals surface area contributed by atoms with Crippen molar-refractivity contribution in [3.05, 3.63) is 96.2 Å². The number of aliphatic imine (C=N–C) groups is 4. The summed E-state index contributed by atoms with van der Waals surface area (Å²) in [6.45, 7) is -0.159. The molecule has 0 fully saturated rings. The van der Waals surface area contributed by atoms with E-state index in [2.05, 4.69) is 51.4 Å². The largest absolute Gasteiger partial charge is 0.396 e. The smallest absolute Gasteiger partial charge is 0.270 e. The van der Waals surface area contributed by atoms with Gasteiger partial charge in [0.2, 0.25) is 36.8 Å². The number of rotatable bonds is 22. The van der Waals surface area contributed by atoms with E-state index in [1.807, 2.05) is 10.6 Å². The zero-order valence-electron chi connectivity index (χ0n) is 36.0.